The van der Waals surface area contributed by atoms with Crippen molar-refractivity contribution in [2.24, 2.45) is 0 Å². The van der Waals surface area contributed by atoms with E-state index in [1.54, 1.807) is 11.6 Å². The van der Waals surface area contributed by atoms with Crippen LogP contribution in [0.2, 0.25) is 0 Å². The molecule has 1 heterocycles. The van der Waals surface area contributed by atoms with Crippen molar-refractivity contribution in [2.75, 3.05) is 19.7 Å². The van der Waals surface area contributed by atoms with Crippen molar-refractivity contribution in [1.29, 1.82) is 0 Å². The van der Waals surface area contributed by atoms with Gasteiger partial charge < -0.3 is 4.52 Å². The van der Waals surface area contributed by atoms with E-state index < -0.39 is 19.5 Å². The molecule has 0 radical (unpaired) electrons. The van der Waals surface area contributed by atoms with Crippen LogP contribution in [0.15, 0.2) is 24.3 Å². The van der Waals surface area contributed by atoms with E-state index in [1.165, 1.54) is 12.1 Å². The predicted molar refractivity (Wildman–Crippen MR) is 76.7 cm³/mol. The van der Waals surface area contributed by atoms with E-state index in [0.29, 0.717) is 13.1 Å². The van der Waals surface area contributed by atoms with Crippen LogP contribution in [-0.2, 0) is 15.3 Å². The molecule has 1 unspecified atom stereocenters. The SMILES string of the molecule is CCOP(=O)(Oc1ccc(C(F)(F)F)cc1)N1CCCCC1. The lowest BCUT2D eigenvalue weighted by Crippen LogP contribution is -2.29. The molecule has 1 aromatic rings. The van der Waals surface area contributed by atoms with Gasteiger partial charge in [-0.05, 0) is 44.0 Å². The van der Waals surface area contributed by atoms with E-state index in [1.807, 2.05) is 0 Å². The molecule has 1 fully saturated rings. The Morgan fingerprint density at radius 1 is 1.14 bits per heavy atom. The van der Waals surface area contributed by atoms with Crippen LogP contribution in [0.3, 0.4) is 0 Å². The summed E-state index contributed by atoms with van der Waals surface area (Å²) in [4.78, 5) is 0. The smallest absolute Gasteiger partial charge is 0.413 e. The van der Waals surface area contributed by atoms with E-state index in [-0.39, 0.29) is 12.4 Å². The number of halogens is 3. The molecule has 0 aromatic heterocycles. The monoisotopic (exact) mass is 337 g/mol. The number of alkyl halides is 3. The van der Waals surface area contributed by atoms with E-state index in [9.17, 15) is 17.7 Å². The quantitative estimate of drug-likeness (QED) is 0.729. The third-order valence-corrected chi connectivity index (χ3v) is 5.49. The molecule has 0 saturated carbocycles. The first-order valence-corrected chi connectivity index (χ1v) is 8.71. The number of nitrogens with zero attached hydrogens (tertiary/aromatic N) is 1. The van der Waals surface area contributed by atoms with Gasteiger partial charge in [-0.25, -0.2) is 4.57 Å². The van der Waals surface area contributed by atoms with Gasteiger partial charge in [0.1, 0.15) is 5.75 Å². The molecule has 1 aromatic carbocycles. The molecule has 8 heteroatoms. The Balaban J connectivity index is 2.15. The second-order valence-corrected chi connectivity index (χ2v) is 6.96. The van der Waals surface area contributed by atoms with Crippen molar-refractivity contribution in [1.82, 2.24) is 4.67 Å². The predicted octanol–water partition coefficient (Wildman–Crippen LogP) is 4.71. The number of benzene rings is 1. The normalized spacial score (nSPS) is 19.6. The van der Waals surface area contributed by atoms with Crippen molar-refractivity contribution in [3.63, 3.8) is 0 Å². The fourth-order valence-corrected chi connectivity index (χ4v) is 4.11. The minimum Gasteiger partial charge on any atom is -0.413 e. The first kappa shape index (κ1) is 17.3. The molecule has 124 valence electrons. The highest BCUT2D eigenvalue weighted by molar-refractivity contribution is 7.51. The van der Waals surface area contributed by atoms with Crippen LogP contribution in [0.1, 0.15) is 31.7 Å². The Kier molecular flexibility index (Phi) is 5.53. The molecule has 0 bridgehead atoms. The number of hydrogen-bond donors (Lipinski definition) is 0. The van der Waals surface area contributed by atoms with Gasteiger partial charge in [-0.3, -0.25) is 4.52 Å². The highest BCUT2D eigenvalue weighted by Gasteiger charge is 2.36. The first-order valence-electron chi connectivity index (χ1n) is 7.22. The van der Waals surface area contributed by atoms with Gasteiger partial charge in [0.15, 0.2) is 0 Å². The number of piperidine rings is 1. The fourth-order valence-electron chi connectivity index (χ4n) is 2.29. The number of hydrogen-bond acceptors (Lipinski definition) is 3. The van der Waals surface area contributed by atoms with Gasteiger partial charge in [-0.2, -0.15) is 17.8 Å². The lowest BCUT2D eigenvalue weighted by atomic mass is 10.2. The maximum Gasteiger partial charge on any atom is 0.461 e. The van der Waals surface area contributed by atoms with Crippen LogP contribution in [0, 0.1) is 0 Å². The zero-order chi connectivity index (χ0) is 16.2. The Morgan fingerprint density at radius 3 is 2.23 bits per heavy atom. The zero-order valence-electron chi connectivity index (χ0n) is 12.3. The highest BCUT2D eigenvalue weighted by atomic mass is 31.2. The molecule has 0 spiro atoms. The third-order valence-electron chi connectivity index (χ3n) is 3.37. The first-order chi connectivity index (χ1) is 10.3. The maximum absolute atomic E-state index is 12.9. The van der Waals surface area contributed by atoms with Crippen LogP contribution in [-0.4, -0.2) is 24.4 Å². The minimum atomic E-state index is -4.41. The highest BCUT2D eigenvalue weighted by Crippen LogP contribution is 2.53. The van der Waals surface area contributed by atoms with Gasteiger partial charge in [0, 0.05) is 13.1 Å². The van der Waals surface area contributed by atoms with Crippen molar-refractivity contribution < 1.29 is 26.8 Å². The summed E-state index contributed by atoms with van der Waals surface area (Å²) in [6, 6.07) is 4.14. The van der Waals surface area contributed by atoms with E-state index in [0.717, 1.165) is 31.4 Å². The van der Waals surface area contributed by atoms with E-state index in [2.05, 4.69) is 0 Å². The van der Waals surface area contributed by atoms with Crippen molar-refractivity contribution in [2.45, 2.75) is 32.4 Å². The molecule has 1 aliphatic heterocycles. The summed E-state index contributed by atoms with van der Waals surface area (Å²) >= 11 is 0. The zero-order valence-corrected chi connectivity index (χ0v) is 13.2. The molecule has 0 N–H and O–H groups in total. The summed E-state index contributed by atoms with van der Waals surface area (Å²) in [5.74, 6) is 0.107. The van der Waals surface area contributed by atoms with Gasteiger partial charge >= 0.3 is 13.9 Å². The van der Waals surface area contributed by atoms with Gasteiger partial charge in [0.05, 0.1) is 12.2 Å². The molecule has 0 amide bonds. The van der Waals surface area contributed by atoms with Crippen molar-refractivity contribution >= 4 is 7.75 Å². The average molecular weight is 337 g/mol. The van der Waals surface area contributed by atoms with Crippen LogP contribution in [0.25, 0.3) is 0 Å². The summed E-state index contributed by atoms with van der Waals surface area (Å²) < 4.78 is 62.9. The lowest BCUT2D eigenvalue weighted by Gasteiger charge is -2.32. The maximum atomic E-state index is 12.9. The number of rotatable bonds is 5. The summed E-state index contributed by atoms with van der Waals surface area (Å²) in [6.07, 6.45) is -1.56. The Hall–Kier alpha value is -1.04. The van der Waals surface area contributed by atoms with E-state index in [4.69, 9.17) is 9.05 Å². The molecule has 0 aliphatic carbocycles. The molecule has 22 heavy (non-hydrogen) atoms. The minimum absolute atomic E-state index is 0.107. The van der Waals surface area contributed by atoms with Gasteiger partial charge in [0.25, 0.3) is 0 Å². The topological polar surface area (TPSA) is 38.8 Å². The lowest BCUT2D eigenvalue weighted by molar-refractivity contribution is -0.137. The second-order valence-electron chi connectivity index (χ2n) is 5.01. The van der Waals surface area contributed by atoms with E-state index >= 15 is 0 Å². The molecule has 1 atom stereocenters. The molecular formula is C14H19F3NO3P. The standard InChI is InChI=1S/C14H19F3NO3P/c1-2-20-22(19,18-10-4-3-5-11-18)21-13-8-6-12(7-9-13)14(15,16)17/h6-9H,2-5,10-11H2,1H3. The summed E-state index contributed by atoms with van der Waals surface area (Å²) in [6.45, 7) is 3.09. The van der Waals surface area contributed by atoms with Crippen LogP contribution < -0.4 is 4.52 Å². The summed E-state index contributed by atoms with van der Waals surface area (Å²) in [7, 11) is -3.52. The third kappa shape index (κ3) is 4.24. The fraction of sp³-hybridized carbons (Fsp3) is 0.571. The molecule has 4 nitrogen and oxygen atoms in total. The molecule has 1 aliphatic rings. The van der Waals surface area contributed by atoms with Gasteiger partial charge in [-0.15, -0.1) is 0 Å². The summed E-state index contributed by atoms with van der Waals surface area (Å²) in [5.41, 5.74) is -0.774. The van der Waals surface area contributed by atoms with Crippen LogP contribution >= 0.6 is 7.75 Å². The van der Waals surface area contributed by atoms with Crippen molar-refractivity contribution in [3.05, 3.63) is 29.8 Å². The average Bonchev–Trinajstić information content (AvgIpc) is 2.48. The van der Waals surface area contributed by atoms with Crippen LogP contribution in [0.5, 0.6) is 5.75 Å². The largest absolute Gasteiger partial charge is 0.461 e. The second kappa shape index (κ2) is 7.02. The Bertz CT molecular complexity index is 527. The molecule has 2 rings (SSSR count). The summed E-state index contributed by atoms with van der Waals surface area (Å²) in [5, 5.41) is 0. The Morgan fingerprint density at radius 2 is 1.73 bits per heavy atom. The molecule has 1 saturated heterocycles. The van der Waals surface area contributed by atoms with Crippen molar-refractivity contribution in [3.8, 4) is 5.75 Å². The Labute approximate surface area is 127 Å². The van der Waals surface area contributed by atoms with Gasteiger partial charge in [0.2, 0.25) is 0 Å². The van der Waals surface area contributed by atoms with Gasteiger partial charge in [-0.1, -0.05) is 6.42 Å². The molecular weight excluding hydrogens is 318 g/mol. The van der Waals surface area contributed by atoms with Crippen LogP contribution in [0.4, 0.5) is 13.2 Å².